The van der Waals surface area contributed by atoms with Crippen LogP contribution < -0.4 is 0 Å². The minimum absolute atomic E-state index is 0.198. The van der Waals surface area contributed by atoms with Crippen LogP contribution in [0.25, 0.3) is 0 Å². The van der Waals surface area contributed by atoms with Gasteiger partial charge in [-0.3, -0.25) is 19.2 Å². The Kier molecular flexibility index (Phi) is 8.12. The maximum absolute atomic E-state index is 14.8. The zero-order valence-corrected chi connectivity index (χ0v) is 23.7. The van der Waals surface area contributed by atoms with Gasteiger partial charge in [-0.25, -0.2) is 0 Å². The molecule has 198 valence electrons. The first-order chi connectivity index (χ1) is 17.2. The third kappa shape index (κ3) is 4.64. The quantitative estimate of drug-likeness (QED) is 0.213. The molecule has 0 heterocycles. The summed E-state index contributed by atoms with van der Waals surface area (Å²) in [5.74, 6) is -3.01. The molecule has 2 bridgehead atoms. The van der Waals surface area contributed by atoms with Gasteiger partial charge in [-0.1, -0.05) is 79.1 Å². The highest BCUT2D eigenvalue weighted by Gasteiger charge is 2.77. The zero-order valence-electron chi connectivity index (χ0n) is 23.7. The fourth-order valence-electron chi connectivity index (χ4n) is 6.37. The van der Waals surface area contributed by atoms with Gasteiger partial charge in [-0.2, -0.15) is 0 Å². The summed E-state index contributed by atoms with van der Waals surface area (Å²) in [4.78, 5) is 58.1. The summed E-state index contributed by atoms with van der Waals surface area (Å²) in [6.45, 7) is 15.5. The molecule has 0 saturated heterocycles. The summed E-state index contributed by atoms with van der Waals surface area (Å²) in [6.07, 6.45) is 7.28. The lowest BCUT2D eigenvalue weighted by Crippen LogP contribution is -2.73. The predicted molar refractivity (Wildman–Crippen MR) is 148 cm³/mol. The van der Waals surface area contributed by atoms with E-state index in [1.54, 1.807) is 24.3 Å². The summed E-state index contributed by atoms with van der Waals surface area (Å²) in [7, 11) is 0. The van der Waals surface area contributed by atoms with Gasteiger partial charge < -0.3 is 0 Å². The number of carbonyl (C=O) groups is 4. The van der Waals surface area contributed by atoms with E-state index in [1.807, 2.05) is 73.6 Å². The van der Waals surface area contributed by atoms with Crippen molar-refractivity contribution < 1.29 is 19.2 Å². The monoisotopic (exact) mass is 502 g/mol. The Bertz CT molecular complexity index is 1180. The summed E-state index contributed by atoms with van der Waals surface area (Å²) < 4.78 is 0. The third-order valence-corrected chi connectivity index (χ3v) is 8.64. The van der Waals surface area contributed by atoms with Crippen LogP contribution in [0.1, 0.15) is 91.4 Å². The highest BCUT2D eigenvalue weighted by molar-refractivity contribution is 6.40. The van der Waals surface area contributed by atoms with Crippen LogP contribution in [-0.4, -0.2) is 23.1 Å². The molecule has 4 nitrogen and oxygen atoms in total. The van der Waals surface area contributed by atoms with E-state index in [0.29, 0.717) is 18.4 Å². The van der Waals surface area contributed by atoms with Crippen LogP contribution in [-0.2, 0) is 14.4 Å². The second kappa shape index (κ2) is 10.5. The van der Waals surface area contributed by atoms with Crippen molar-refractivity contribution in [1.29, 1.82) is 0 Å². The van der Waals surface area contributed by atoms with Crippen LogP contribution in [0, 0.1) is 28.1 Å². The molecule has 4 heteroatoms. The van der Waals surface area contributed by atoms with E-state index in [1.165, 1.54) is 0 Å². The van der Waals surface area contributed by atoms with E-state index >= 15 is 0 Å². The average molecular weight is 503 g/mol. The largest absolute Gasteiger partial charge is 0.298 e. The second-order valence-corrected chi connectivity index (χ2v) is 12.3. The van der Waals surface area contributed by atoms with Gasteiger partial charge in [0.25, 0.3) is 0 Å². The lowest BCUT2D eigenvalue weighted by molar-refractivity contribution is -0.178. The van der Waals surface area contributed by atoms with E-state index in [2.05, 4.69) is 6.08 Å². The van der Waals surface area contributed by atoms with Gasteiger partial charge in [0, 0.05) is 5.56 Å². The first kappa shape index (κ1) is 28.7. The molecule has 0 aromatic heterocycles. The molecule has 0 aliphatic heterocycles. The standard InChI is InChI=1S/C33H42O4/c1-21(2)14-16-25-20-32(19-18-23(5)6)28(35)26(17-15-22(3)4)29(36)33(30(32)37,31(25,7)8)27(34)24-12-10-9-11-13-24/h9-15,18,25-26H,16-17,19-20H2,1-8H3/t25?,26?,32-,33+/m1/s1. The molecule has 0 spiro atoms. The highest BCUT2D eigenvalue weighted by Crippen LogP contribution is 2.65. The lowest BCUT2D eigenvalue weighted by Gasteiger charge is -2.60. The molecule has 2 aliphatic rings. The Morgan fingerprint density at radius 3 is 1.89 bits per heavy atom. The first-order valence-corrected chi connectivity index (χ1v) is 13.4. The van der Waals surface area contributed by atoms with Gasteiger partial charge in [-0.05, 0) is 78.6 Å². The number of benzene rings is 1. The number of allylic oxidation sites excluding steroid dienone is 6. The van der Waals surface area contributed by atoms with Gasteiger partial charge in [0.1, 0.15) is 0 Å². The van der Waals surface area contributed by atoms with Crippen molar-refractivity contribution >= 4 is 23.1 Å². The number of rotatable bonds is 8. The van der Waals surface area contributed by atoms with Crippen LogP contribution in [0.15, 0.2) is 65.3 Å². The van der Waals surface area contributed by atoms with Gasteiger partial charge in [0.2, 0.25) is 0 Å². The Morgan fingerprint density at radius 2 is 1.35 bits per heavy atom. The second-order valence-electron chi connectivity index (χ2n) is 12.3. The lowest BCUT2D eigenvalue weighted by atomic mass is 9.37. The number of carbonyl (C=O) groups excluding carboxylic acids is 4. The van der Waals surface area contributed by atoms with Gasteiger partial charge in [0.05, 0.1) is 11.3 Å². The number of fused-ring (bicyclic) bond motifs is 2. The third-order valence-electron chi connectivity index (χ3n) is 8.64. The van der Waals surface area contributed by atoms with Crippen LogP contribution in [0.5, 0.6) is 0 Å². The van der Waals surface area contributed by atoms with Crippen LogP contribution in [0.4, 0.5) is 0 Å². The summed E-state index contributed by atoms with van der Waals surface area (Å²) in [6, 6.07) is 8.66. The molecule has 2 unspecified atom stereocenters. The van der Waals surface area contributed by atoms with Gasteiger partial charge >= 0.3 is 0 Å². The molecule has 1 aromatic rings. The van der Waals surface area contributed by atoms with Crippen LogP contribution in [0.3, 0.4) is 0 Å². The number of hydrogen-bond donors (Lipinski definition) is 0. The minimum Gasteiger partial charge on any atom is -0.298 e. The average Bonchev–Trinajstić information content (AvgIpc) is 2.82. The van der Waals surface area contributed by atoms with E-state index in [4.69, 9.17) is 0 Å². The van der Waals surface area contributed by atoms with Crippen molar-refractivity contribution in [3.05, 3.63) is 70.8 Å². The van der Waals surface area contributed by atoms with Crippen molar-refractivity contribution in [2.75, 3.05) is 0 Å². The summed E-state index contributed by atoms with van der Waals surface area (Å²) in [5, 5.41) is 0. The maximum Gasteiger partial charge on any atom is 0.184 e. The highest BCUT2D eigenvalue weighted by atomic mass is 16.2. The smallest absolute Gasteiger partial charge is 0.184 e. The number of ketones is 4. The molecule has 0 N–H and O–H groups in total. The molecule has 2 fully saturated rings. The number of hydrogen-bond acceptors (Lipinski definition) is 4. The topological polar surface area (TPSA) is 68.3 Å². The molecule has 3 rings (SSSR count). The van der Waals surface area contributed by atoms with Crippen molar-refractivity contribution in [3.8, 4) is 0 Å². The number of Topliss-reactive ketones (excluding diaryl/α,β-unsaturated/α-hetero) is 4. The molecule has 2 aliphatic carbocycles. The Balaban J connectivity index is 2.40. The van der Waals surface area contributed by atoms with Gasteiger partial charge in [-0.15, -0.1) is 0 Å². The molecule has 1 aromatic carbocycles. The predicted octanol–water partition coefficient (Wildman–Crippen LogP) is 7.29. The van der Waals surface area contributed by atoms with E-state index in [0.717, 1.165) is 16.7 Å². The zero-order chi connectivity index (χ0) is 27.8. The van der Waals surface area contributed by atoms with E-state index in [-0.39, 0.29) is 24.5 Å². The van der Waals surface area contributed by atoms with E-state index in [9.17, 15) is 19.2 Å². The maximum atomic E-state index is 14.8. The van der Waals surface area contributed by atoms with Crippen molar-refractivity contribution in [2.24, 2.45) is 28.1 Å². The van der Waals surface area contributed by atoms with Gasteiger partial charge in [0.15, 0.2) is 28.5 Å². The van der Waals surface area contributed by atoms with E-state index < -0.39 is 39.5 Å². The molecule has 0 radical (unpaired) electrons. The van der Waals surface area contributed by atoms with Crippen LogP contribution in [0.2, 0.25) is 0 Å². The molecule has 37 heavy (non-hydrogen) atoms. The fourth-order valence-corrected chi connectivity index (χ4v) is 6.37. The SMILES string of the molecule is CC(C)=CCC1C(=O)[C@@]2(CC=C(C)C)CC(CC=C(C)C)C(C)(C)[C@@](C(=O)c3ccccc3)(C1=O)C2=O. The Hall–Kier alpha value is -2.88. The molecular formula is C33H42O4. The molecule has 4 atom stereocenters. The van der Waals surface area contributed by atoms with Crippen molar-refractivity contribution in [1.82, 2.24) is 0 Å². The first-order valence-electron chi connectivity index (χ1n) is 13.4. The summed E-state index contributed by atoms with van der Waals surface area (Å²) >= 11 is 0. The molecular weight excluding hydrogens is 460 g/mol. The molecule has 0 amide bonds. The van der Waals surface area contributed by atoms with Crippen molar-refractivity contribution in [3.63, 3.8) is 0 Å². The minimum atomic E-state index is -1.92. The normalized spacial score (nSPS) is 28.4. The summed E-state index contributed by atoms with van der Waals surface area (Å²) in [5.41, 5.74) is -0.839. The Labute approximate surface area is 222 Å². The van der Waals surface area contributed by atoms with Crippen molar-refractivity contribution in [2.45, 2.75) is 81.1 Å². The fraction of sp³-hybridized carbons (Fsp3) is 0.515. The van der Waals surface area contributed by atoms with Crippen LogP contribution >= 0.6 is 0 Å². The molecule has 2 saturated carbocycles. The Morgan fingerprint density at radius 1 is 0.811 bits per heavy atom.